The van der Waals surface area contributed by atoms with E-state index in [-0.39, 0.29) is 18.0 Å². The first-order chi connectivity index (χ1) is 9.75. The summed E-state index contributed by atoms with van der Waals surface area (Å²) in [5, 5.41) is 8.32. The van der Waals surface area contributed by atoms with Gasteiger partial charge in [0, 0.05) is 25.5 Å². The smallest absolute Gasteiger partial charge is 0.247 e. The van der Waals surface area contributed by atoms with Crippen molar-refractivity contribution in [3.8, 4) is 0 Å². The van der Waals surface area contributed by atoms with Crippen LogP contribution in [0.4, 0.5) is 0 Å². The first-order valence-electron chi connectivity index (χ1n) is 6.87. The van der Waals surface area contributed by atoms with Gasteiger partial charge in [-0.2, -0.15) is 10.2 Å². The van der Waals surface area contributed by atoms with Gasteiger partial charge in [0.25, 0.3) is 0 Å². The van der Waals surface area contributed by atoms with Crippen molar-refractivity contribution in [2.24, 2.45) is 0 Å². The summed E-state index contributed by atoms with van der Waals surface area (Å²) >= 11 is 0. The lowest BCUT2D eigenvalue weighted by Crippen LogP contribution is -2.43. The molecule has 2 atom stereocenters. The molecule has 0 spiro atoms. The number of aromatic nitrogens is 5. The molecule has 1 amide bonds. The number of piperidine rings is 1. The predicted molar refractivity (Wildman–Crippen MR) is 71.8 cm³/mol. The zero-order valence-corrected chi connectivity index (χ0v) is 11.5. The summed E-state index contributed by atoms with van der Waals surface area (Å²) in [5.41, 5.74) is 0. The Balaban J connectivity index is 1.69. The van der Waals surface area contributed by atoms with Gasteiger partial charge in [0.05, 0.1) is 6.04 Å². The summed E-state index contributed by atoms with van der Waals surface area (Å²) in [7, 11) is 0. The lowest BCUT2D eigenvalue weighted by molar-refractivity contribution is -0.136. The molecular weight excluding hydrogens is 256 g/mol. The molecule has 0 aromatic carbocycles. The van der Waals surface area contributed by atoms with Gasteiger partial charge in [-0.25, -0.2) is 9.67 Å². The van der Waals surface area contributed by atoms with Crippen LogP contribution in [0, 0.1) is 0 Å². The molecule has 0 unspecified atom stereocenters. The Morgan fingerprint density at radius 2 is 2.30 bits per heavy atom. The number of carbonyl (C=O) groups excluding carboxylic acids is 1. The lowest BCUT2D eigenvalue weighted by atomic mass is 10.1. The minimum atomic E-state index is -0.264. The Labute approximate surface area is 117 Å². The second kappa shape index (κ2) is 5.44. The maximum Gasteiger partial charge on any atom is 0.247 e. The molecule has 7 nitrogen and oxygen atoms in total. The standard InChI is InChI=1S/C13H18N6O/c1-11(18-7-3-5-15-18)13(20)17-6-2-4-12(8-17)19-10-14-9-16-19/h3,5,7,9-12H,2,4,6,8H2,1H3/t11-,12-/m1/s1. The molecule has 3 heterocycles. The normalized spacial score (nSPS) is 20.9. The fraction of sp³-hybridized carbons (Fsp3) is 0.538. The highest BCUT2D eigenvalue weighted by molar-refractivity contribution is 5.80. The largest absolute Gasteiger partial charge is 0.339 e. The number of nitrogens with zero attached hydrogens (tertiary/aromatic N) is 6. The number of amides is 1. The highest BCUT2D eigenvalue weighted by atomic mass is 16.2. The van der Waals surface area contributed by atoms with Gasteiger partial charge in [-0.3, -0.25) is 9.48 Å². The number of hydrogen-bond acceptors (Lipinski definition) is 4. The Bertz CT molecular complexity index is 549. The average Bonchev–Trinajstić information content (AvgIpc) is 3.18. The van der Waals surface area contributed by atoms with Crippen LogP contribution < -0.4 is 0 Å². The van der Waals surface area contributed by atoms with Gasteiger partial charge in [-0.05, 0) is 25.8 Å². The van der Waals surface area contributed by atoms with Gasteiger partial charge in [0.2, 0.25) is 5.91 Å². The van der Waals surface area contributed by atoms with E-state index in [2.05, 4.69) is 15.2 Å². The van der Waals surface area contributed by atoms with Gasteiger partial charge >= 0.3 is 0 Å². The third-order valence-electron chi connectivity index (χ3n) is 3.80. The van der Waals surface area contributed by atoms with Crippen LogP contribution in [0.25, 0.3) is 0 Å². The van der Waals surface area contributed by atoms with Crippen molar-refractivity contribution in [2.75, 3.05) is 13.1 Å². The van der Waals surface area contributed by atoms with E-state index < -0.39 is 0 Å². The maximum absolute atomic E-state index is 12.5. The number of likely N-dealkylation sites (tertiary alicyclic amines) is 1. The first kappa shape index (κ1) is 12.8. The van der Waals surface area contributed by atoms with E-state index >= 15 is 0 Å². The Morgan fingerprint density at radius 1 is 1.40 bits per heavy atom. The number of rotatable bonds is 3. The molecule has 0 saturated carbocycles. The van der Waals surface area contributed by atoms with Gasteiger partial charge in [0.1, 0.15) is 18.7 Å². The van der Waals surface area contributed by atoms with Crippen LogP contribution in [0.2, 0.25) is 0 Å². The summed E-state index contributed by atoms with van der Waals surface area (Å²) in [6, 6.07) is 1.79. The molecule has 0 aliphatic carbocycles. The highest BCUT2D eigenvalue weighted by Gasteiger charge is 2.28. The van der Waals surface area contributed by atoms with Gasteiger partial charge in [-0.15, -0.1) is 0 Å². The molecule has 3 rings (SSSR count). The van der Waals surface area contributed by atoms with Crippen LogP contribution in [0.5, 0.6) is 0 Å². The van der Waals surface area contributed by atoms with Crippen molar-refractivity contribution in [1.82, 2.24) is 29.4 Å². The maximum atomic E-state index is 12.5. The molecule has 2 aromatic rings. The van der Waals surface area contributed by atoms with Crippen LogP contribution in [0.3, 0.4) is 0 Å². The summed E-state index contributed by atoms with van der Waals surface area (Å²) in [5.74, 6) is 0.110. The van der Waals surface area contributed by atoms with Crippen molar-refractivity contribution in [2.45, 2.75) is 31.8 Å². The summed E-state index contributed by atoms with van der Waals surface area (Å²) in [4.78, 5) is 18.4. The van der Waals surface area contributed by atoms with E-state index in [9.17, 15) is 4.79 Å². The molecular formula is C13H18N6O. The van der Waals surface area contributed by atoms with Crippen LogP contribution in [-0.4, -0.2) is 48.4 Å². The van der Waals surface area contributed by atoms with Crippen molar-refractivity contribution < 1.29 is 4.79 Å². The van der Waals surface area contributed by atoms with E-state index in [4.69, 9.17) is 0 Å². The SMILES string of the molecule is C[C@H](C(=O)N1CCC[C@@H](n2cncn2)C1)n1cccn1. The molecule has 20 heavy (non-hydrogen) atoms. The topological polar surface area (TPSA) is 68.8 Å². The molecule has 106 valence electrons. The Kier molecular flexibility index (Phi) is 3.49. The zero-order valence-electron chi connectivity index (χ0n) is 11.5. The minimum absolute atomic E-state index is 0.110. The van der Waals surface area contributed by atoms with Crippen LogP contribution >= 0.6 is 0 Å². The number of hydrogen-bond donors (Lipinski definition) is 0. The molecule has 1 fully saturated rings. The second-order valence-corrected chi connectivity index (χ2v) is 5.12. The van der Waals surface area contributed by atoms with Crippen LogP contribution in [-0.2, 0) is 4.79 Å². The van der Waals surface area contributed by atoms with E-state index in [1.165, 1.54) is 6.33 Å². The van der Waals surface area contributed by atoms with E-state index in [1.807, 2.05) is 28.8 Å². The van der Waals surface area contributed by atoms with Crippen molar-refractivity contribution in [3.05, 3.63) is 31.1 Å². The zero-order chi connectivity index (χ0) is 13.9. The third kappa shape index (κ3) is 2.43. The predicted octanol–water partition coefficient (Wildman–Crippen LogP) is 0.899. The first-order valence-corrected chi connectivity index (χ1v) is 6.87. The lowest BCUT2D eigenvalue weighted by Gasteiger charge is -2.34. The summed E-state index contributed by atoms with van der Waals surface area (Å²) in [6.07, 6.45) is 8.79. The minimum Gasteiger partial charge on any atom is -0.339 e. The van der Waals surface area contributed by atoms with E-state index in [1.54, 1.807) is 17.2 Å². The average molecular weight is 274 g/mol. The molecule has 1 saturated heterocycles. The Hall–Kier alpha value is -2.18. The fourth-order valence-electron chi connectivity index (χ4n) is 2.66. The van der Waals surface area contributed by atoms with Crippen LogP contribution in [0.1, 0.15) is 31.8 Å². The molecule has 1 aliphatic rings. The summed E-state index contributed by atoms with van der Waals surface area (Å²) < 4.78 is 3.54. The van der Waals surface area contributed by atoms with Gasteiger partial charge in [-0.1, -0.05) is 0 Å². The second-order valence-electron chi connectivity index (χ2n) is 5.12. The molecule has 0 N–H and O–H groups in total. The molecule has 0 radical (unpaired) electrons. The van der Waals surface area contributed by atoms with Crippen molar-refractivity contribution >= 4 is 5.91 Å². The monoisotopic (exact) mass is 274 g/mol. The number of carbonyl (C=O) groups is 1. The molecule has 7 heteroatoms. The molecule has 1 aliphatic heterocycles. The molecule has 2 aromatic heterocycles. The van der Waals surface area contributed by atoms with E-state index in [0.717, 1.165) is 19.4 Å². The Morgan fingerprint density at radius 3 is 3.00 bits per heavy atom. The summed E-state index contributed by atoms with van der Waals surface area (Å²) in [6.45, 7) is 3.37. The van der Waals surface area contributed by atoms with E-state index in [0.29, 0.717) is 6.54 Å². The van der Waals surface area contributed by atoms with Crippen LogP contribution in [0.15, 0.2) is 31.1 Å². The van der Waals surface area contributed by atoms with Crippen molar-refractivity contribution in [1.29, 1.82) is 0 Å². The highest BCUT2D eigenvalue weighted by Crippen LogP contribution is 2.22. The van der Waals surface area contributed by atoms with Gasteiger partial charge in [0.15, 0.2) is 0 Å². The van der Waals surface area contributed by atoms with Crippen molar-refractivity contribution in [3.63, 3.8) is 0 Å². The molecule has 0 bridgehead atoms. The quantitative estimate of drug-likeness (QED) is 0.834. The van der Waals surface area contributed by atoms with Gasteiger partial charge < -0.3 is 4.90 Å². The third-order valence-corrected chi connectivity index (χ3v) is 3.80. The fourth-order valence-corrected chi connectivity index (χ4v) is 2.66.